The maximum Gasteiger partial charge on any atom is 0.296 e. The third-order valence-electron chi connectivity index (χ3n) is 5.78. The van der Waals surface area contributed by atoms with Gasteiger partial charge in [0.1, 0.15) is 22.0 Å². The average Bonchev–Trinajstić information content (AvgIpc) is 2.89. The number of hydrogen-bond donors (Lipinski definition) is 3. The summed E-state index contributed by atoms with van der Waals surface area (Å²) in [6.07, 6.45) is 0.463. The number of rotatable bonds is 8. The number of azo groups is 1. The average molecular weight is 588 g/mol. The topological polar surface area (TPSA) is 138 Å². The number of amides is 1. The third-order valence-corrected chi connectivity index (χ3v) is 7.33. The second-order valence-electron chi connectivity index (χ2n) is 8.31. The molecule has 0 radical (unpaired) electrons. The van der Waals surface area contributed by atoms with E-state index in [-0.39, 0.29) is 27.0 Å². The summed E-state index contributed by atoms with van der Waals surface area (Å²) >= 11 is 12.4. The van der Waals surface area contributed by atoms with E-state index in [4.69, 9.17) is 27.9 Å². The van der Waals surface area contributed by atoms with Crippen molar-refractivity contribution in [3.05, 3.63) is 81.8 Å². The molecule has 0 aromatic heterocycles. The lowest BCUT2D eigenvalue weighted by Crippen LogP contribution is -2.12. The Hall–Kier alpha value is -3.70. The van der Waals surface area contributed by atoms with Crippen LogP contribution in [0.3, 0.4) is 0 Å². The van der Waals surface area contributed by atoms with E-state index in [1.165, 1.54) is 12.1 Å². The van der Waals surface area contributed by atoms with Crippen LogP contribution in [-0.2, 0) is 16.5 Å². The molecule has 0 atom stereocenters. The first-order valence-electron chi connectivity index (χ1n) is 11.7. The van der Waals surface area contributed by atoms with Crippen LogP contribution in [0.5, 0.6) is 11.5 Å². The predicted molar refractivity (Wildman–Crippen MR) is 151 cm³/mol. The van der Waals surface area contributed by atoms with E-state index in [0.717, 1.165) is 6.07 Å². The summed E-state index contributed by atoms with van der Waals surface area (Å²) in [4.78, 5) is 12.7. The lowest BCUT2D eigenvalue weighted by molar-refractivity contribution is 0.102. The van der Waals surface area contributed by atoms with Gasteiger partial charge in [-0.05, 0) is 54.6 Å². The van der Waals surface area contributed by atoms with Crippen molar-refractivity contribution >= 4 is 67.1 Å². The number of hydrogen-bond acceptors (Lipinski definition) is 7. The van der Waals surface area contributed by atoms with Crippen molar-refractivity contribution in [2.75, 3.05) is 11.9 Å². The molecule has 0 spiro atoms. The number of phenols is 1. The van der Waals surface area contributed by atoms with Crippen LogP contribution in [0.4, 0.5) is 17.1 Å². The van der Waals surface area contributed by atoms with E-state index in [1.807, 2.05) is 13.8 Å². The zero-order chi connectivity index (χ0) is 28.3. The van der Waals surface area contributed by atoms with E-state index in [0.29, 0.717) is 40.8 Å². The van der Waals surface area contributed by atoms with Crippen molar-refractivity contribution in [2.45, 2.75) is 25.2 Å². The molecule has 3 N–H and O–H groups in total. The second-order valence-corrected chi connectivity index (χ2v) is 10.5. The first-order valence-corrected chi connectivity index (χ1v) is 13.9. The van der Waals surface area contributed by atoms with Gasteiger partial charge in [-0.15, -0.1) is 10.2 Å². The molecule has 4 rings (SSSR count). The molecular formula is C27H23Cl2N3O6S. The Bertz CT molecular complexity index is 1720. The van der Waals surface area contributed by atoms with Gasteiger partial charge in [-0.2, -0.15) is 8.42 Å². The van der Waals surface area contributed by atoms with Crippen molar-refractivity contribution in [1.29, 1.82) is 0 Å². The number of ether oxygens (including phenoxy) is 1. The highest BCUT2D eigenvalue weighted by atomic mass is 35.5. The molecule has 12 heteroatoms. The zero-order valence-corrected chi connectivity index (χ0v) is 23.1. The standard InChI is InChI=1S/C27H23Cl2N3O6S/c1-3-15-12-23(24(14-20(15)28)39(35,36)37)31-32-25-18-8-6-5-7-16(18)11-19(26(25)33)27(34)30-22-10-9-17(38-4-2)13-21(22)29/h5-14,33H,3-4H2,1-2H3,(H,30,34)(H,35,36,37). The highest BCUT2D eigenvalue weighted by Gasteiger charge is 2.21. The fraction of sp³-hybridized carbons (Fsp3) is 0.148. The SMILES string of the molecule is CCOc1ccc(NC(=O)c2cc3ccccc3c(N=Nc3cc(CC)c(Cl)cc3S(=O)(=O)O)c2O)c(Cl)c1. The molecule has 0 aliphatic heterocycles. The van der Waals surface area contributed by atoms with E-state index < -0.39 is 26.7 Å². The fourth-order valence-corrected chi connectivity index (χ4v) is 5.09. The van der Waals surface area contributed by atoms with Crippen LogP contribution in [0.15, 0.2) is 75.8 Å². The number of benzene rings is 4. The Kier molecular flexibility index (Phi) is 8.41. The molecule has 0 aliphatic rings. The summed E-state index contributed by atoms with van der Waals surface area (Å²) in [6.45, 7) is 4.10. The molecule has 0 unspecified atom stereocenters. The third kappa shape index (κ3) is 6.15. The van der Waals surface area contributed by atoms with Gasteiger partial charge >= 0.3 is 0 Å². The Balaban J connectivity index is 1.80. The van der Waals surface area contributed by atoms with E-state index in [2.05, 4.69) is 15.5 Å². The van der Waals surface area contributed by atoms with Crippen LogP contribution in [0, 0.1) is 0 Å². The lowest BCUT2D eigenvalue weighted by Gasteiger charge is -2.13. The molecule has 0 fully saturated rings. The normalized spacial score (nSPS) is 11.7. The number of aromatic hydroxyl groups is 1. The summed E-state index contributed by atoms with van der Waals surface area (Å²) in [6, 6.07) is 15.6. The molecule has 0 heterocycles. The minimum absolute atomic E-state index is 0.0784. The van der Waals surface area contributed by atoms with Crippen LogP contribution in [-0.4, -0.2) is 30.6 Å². The molecular weight excluding hydrogens is 565 g/mol. The van der Waals surface area contributed by atoms with Gasteiger partial charge in [0.2, 0.25) is 0 Å². The van der Waals surface area contributed by atoms with Crippen LogP contribution >= 0.6 is 23.2 Å². The molecule has 4 aromatic carbocycles. The zero-order valence-electron chi connectivity index (χ0n) is 20.8. The maximum atomic E-state index is 13.2. The second kappa shape index (κ2) is 11.6. The number of carbonyl (C=O) groups is 1. The number of fused-ring (bicyclic) bond motifs is 1. The number of halogens is 2. The van der Waals surface area contributed by atoms with Crippen molar-refractivity contribution in [2.24, 2.45) is 10.2 Å². The molecule has 9 nitrogen and oxygen atoms in total. The number of aryl methyl sites for hydroxylation is 1. The number of nitrogens with one attached hydrogen (secondary N) is 1. The molecule has 1 amide bonds. The van der Waals surface area contributed by atoms with Gasteiger partial charge in [0.25, 0.3) is 16.0 Å². The van der Waals surface area contributed by atoms with Crippen molar-refractivity contribution in [1.82, 2.24) is 0 Å². The first-order chi connectivity index (χ1) is 18.5. The minimum Gasteiger partial charge on any atom is -0.505 e. The van der Waals surface area contributed by atoms with Crippen molar-refractivity contribution in [3.63, 3.8) is 0 Å². The predicted octanol–water partition coefficient (Wildman–Crippen LogP) is 7.73. The van der Waals surface area contributed by atoms with Crippen LogP contribution in [0.25, 0.3) is 10.8 Å². The monoisotopic (exact) mass is 587 g/mol. The van der Waals surface area contributed by atoms with Crippen LogP contribution in [0.2, 0.25) is 10.0 Å². The molecule has 4 aromatic rings. The van der Waals surface area contributed by atoms with Crippen molar-refractivity contribution < 1.29 is 27.6 Å². The van der Waals surface area contributed by atoms with Gasteiger partial charge in [-0.25, -0.2) is 0 Å². The number of phenolic OH excluding ortho intramolecular Hbond substituents is 1. The molecule has 0 saturated carbocycles. The Labute approximate surface area is 234 Å². The quantitative estimate of drug-likeness (QED) is 0.142. The number of anilines is 1. The van der Waals surface area contributed by atoms with E-state index in [1.54, 1.807) is 42.5 Å². The molecule has 0 saturated heterocycles. The van der Waals surface area contributed by atoms with Crippen LogP contribution in [0.1, 0.15) is 29.8 Å². The molecule has 39 heavy (non-hydrogen) atoms. The van der Waals surface area contributed by atoms with Gasteiger partial charge in [-0.3, -0.25) is 9.35 Å². The Morgan fingerprint density at radius 3 is 2.41 bits per heavy atom. The van der Waals surface area contributed by atoms with Gasteiger partial charge in [-0.1, -0.05) is 54.4 Å². The molecule has 0 aliphatic carbocycles. The maximum absolute atomic E-state index is 13.2. The summed E-state index contributed by atoms with van der Waals surface area (Å²) < 4.78 is 39.1. The smallest absolute Gasteiger partial charge is 0.296 e. The van der Waals surface area contributed by atoms with Gasteiger partial charge in [0, 0.05) is 16.5 Å². The Morgan fingerprint density at radius 2 is 1.74 bits per heavy atom. The van der Waals surface area contributed by atoms with E-state index in [9.17, 15) is 22.9 Å². The largest absolute Gasteiger partial charge is 0.505 e. The summed E-state index contributed by atoms with van der Waals surface area (Å²) in [5.41, 5.74) is 0.496. The van der Waals surface area contributed by atoms with E-state index >= 15 is 0 Å². The summed E-state index contributed by atoms with van der Waals surface area (Å²) in [7, 11) is -4.69. The minimum atomic E-state index is -4.69. The Morgan fingerprint density at radius 1 is 1.00 bits per heavy atom. The highest BCUT2D eigenvalue weighted by molar-refractivity contribution is 7.86. The molecule has 202 valence electrons. The lowest BCUT2D eigenvalue weighted by atomic mass is 10.0. The van der Waals surface area contributed by atoms with Gasteiger partial charge < -0.3 is 15.2 Å². The summed E-state index contributed by atoms with van der Waals surface area (Å²) in [5.74, 6) is -0.622. The number of carbonyl (C=O) groups excluding carboxylic acids is 1. The molecule has 0 bridgehead atoms. The highest BCUT2D eigenvalue weighted by Crippen LogP contribution is 2.41. The van der Waals surface area contributed by atoms with Crippen molar-refractivity contribution in [3.8, 4) is 11.5 Å². The van der Waals surface area contributed by atoms with Gasteiger partial charge in [0.15, 0.2) is 5.75 Å². The first kappa shape index (κ1) is 28.3. The van der Waals surface area contributed by atoms with Gasteiger partial charge in [0.05, 0.1) is 22.9 Å². The summed E-state index contributed by atoms with van der Waals surface area (Å²) in [5, 5.41) is 23.3. The fourth-order valence-electron chi connectivity index (χ4n) is 3.88. The number of nitrogens with zero attached hydrogens (tertiary/aromatic N) is 2. The van der Waals surface area contributed by atoms with Crippen LogP contribution < -0.4 is 10.1 Å².